The van der Waals surface area contributed by atoms with Crippen LogP contribution in [0.3, 0.4) is 0 Å². The minimum atomic E-state index is 0.193. The molecule has 2 N–H and O–H groups in total. The molecule has 0 saturated carbocycles. The van der Waals surface area contributed by atoms with Crippen LogP contribution in [0.25, 0.3) is 10.8 Å². The SMILES string of the molecule is CCNC(CCO)c1ccc2cc(OC)ccc2c1. The Bertz CT molecular complexity index is 533. The number of nitrogens with one attached hydrogen (secondary N) is 1. The Kier molecular flexibility index (Phi) is 4.77. The van der Waals surface area contributed by atoms with Crippen LogP contribution in [0, 0.1) is 0 Å². The molecule has 19 heavy (non-hydrogen) atoms. The Labute approximate surface area is 114 Å². The predicted molar refractivity (Wildman–Crippen MR) is 78.6 cm³/mol. The van der Waals surface area contributed by atoms with Crippen LogP contribution >= 0.6 is 0 Å². The predicted octanol–water partition coefficient (Wildman–Crippen LogP) is 2.88. The van der Waals surface area contributed by atoms with E-state index in [9.17, 15) is 0 Å². The van der Waals surface area contributed by atoms with Gasteiger partial charge in [-0.25, -0.2) is 0 Å². The maximum absolute atomic E-state index is 9.15. The second kappa shape index (κ2) is 6.55. The van der Waals surface area contributed by atoms with Crippen LogP contribution in [-0.2, 0) is 0 Å². The summed E-state index contributed by atoms with van der Waals surface area (Å²) in [4.78, 5) is 0. The third kappa shape index (κ3) is 3.25. The van der Waals surface area contributed by atoms with Crippen LogP contribution < -0.4 is 10.1 Å². The average molecular weight is 259 g/mol. The lowest BCUT2D eigenvalue weighted by molar-refractivity contribution is 0.266. The van der Waals surface area contributed by atoms with Gasteiger partial charge in [0, 0.05) is 12.6 Å². The van der Waals surface area contributed by atoms with Crippen molar-refractivity contribution in [3.05, 3.63) is 42.0 Å². The van der Waals surface area contributed by atoms with Gasteiger partial charge in [-0.3, -0.25) is 0 Å². The number of ether oxygens (including phenoxy) is 1. The lowest BCUT2D eigenvalue weighted by atomic mass is 10.00. The molecule has 0 radical (unpaired) electrons. The number of aliphatic hydroxyl groups is 1. The summed E-state index contributed by atoms with van der Waals surface area (Å²) in [6, 6.07) is 12.7. The summed E-state index contributed by atoms with van der Waals surface area (Å²) in [5.74, 6) is 0.874. The van der Waals surface area contributed by atoms with Gasteiger partial charge in [-0.15, -0.1) is 0 Å². The van der Waals surface area contributed by atoms with Crippen molar-refractivity contribution in [3.8, 4) is 5.75 Å². The van der Waals surface area contributed by atoms with Crippen molar-refractivity contribution in [3.63, 3.8) is 0 Å². The molecule has 0 aromatic heterocycles. The molecular weight excluding hydrogens is 238 g/mol. The van der Waals surface area contributed by atoms with E-state index < -0.39 is 0 Å². The summed E-state index contributed by atoms with van der Waals surface area (Å²) >= 11 is 0. The molecule has 2 rings (SSSR count). The summed E-state index contributed by atoms with van der Waals surface area (Å²) in [5.41, 5.74) is 1.22. The first-order valence-electron chi connectivity index (χ1n) is 6.70. The molecule has 102 valence electrons. The van der Waals surface area contributed by atoms with Gasteiger partial charge in [-0.05, 0) is 47.5 Å². The molecule has 0 bridgehead atoms. The van der Waals surface area contributed by atoms with Crippen LogP contribution in [0.1, 0.15) is 24.9 Å². The third-order valence-electron chi connectivity index (χ3n) is 3.34. The maximum atomic E-state index is 9.15. The Balaban J connectivity index is 2.34. The smallest absolute Gasteiger partial charge is 0.119 e. The highest BCUT2D eigenvalue weighted by Crippen LogP contribution is 2.25. The lowest BCUT2D eigenvalue weighted by Crippen LogP contribution is -2.21. The van der Waals surface area contributed by atoms with E-state index in [4.69, 9.17) is 9.84 Å². The minimum Gasteiger partial charge on any atom is -0.497 e. The van der Waals surface area contributed by atoms with Gasteiger partial charge in [0.25, 0.3) is 0 Å². The third-order valence-corrected chi connectivity index (χ3v) is 3.34. The maximum Gasteiger partial charge on any atom is 0.119 e. The largest absolute Gasteiger partial charge is 0.497 e. The quantitative estimate of drug-likeness (QED) is 0.838. The normalized spacial score (nSPS) is 12.6. The fraction of sp³-hybridized carbons (Fsp3) is 0.375. The highest BCUT2D eigenvalue weighted by molar-refractivity contribution is 5.84. The zero-order valence-electron chi connectivity index (χ0n) is 11.5. The van der Waals surface area contributed by atoms with Crippen molar-refractivity contribution in [2.75, 3.05) is 20.3 Å². The summed E-state index contributed by atoms with van der Waals surface area (Å²) in [5, 5.41) is 14.9. The first-order chi connectivity index (χ1) is 9.28. The van der Waals surface area contributed by atoms with Crippen molar-refractivity contribution in [1.82, 2.24) is 5.32 Å². The zero-order valence-corrected chi connectivity index (χ0v) is 11.5. The Morgan fingerprint density at radius 1 is 1.16 bits per heavy atom. The molecule has 3 nitrogen and oxygen atoms in total. The van der Waals surface area contributed by atoms with Crippen LogP contribution in [0.15, 0.2) is 36.4 Å². The number of methoxy groups -OCH3 is 1. The molecule has 0 spiro atoms. The summed E-state index contributed by atoms with van der Waals surface area (Å²) in [6.45, 7) is 3.17. The molecule has 0 amide bonds. The summed E-state index contributed by atoms with van der Waals surface area (Å²) in [7, 11) is 1.68. The first-order valence-corrected chi connectivity index (χ1v) is 6.70. The van der Waals surface area contributed by atoms with E-state index >= 15 is 0 Å². The summed E-state index contributed by atoms with van der Waals surface area (Å²) in [6.07, 6.45) is 0.732. The number of rotatable bonds is 6. The van der Waals surface area contributed by atoms with Crippen molar-refractivity contribution in [2.24, 2.45) is 0 Å². The van der Waals surface area contributed by atoms with Gasteiger partial charge >= 0.3 is 0 Å². The number of aliphatic hydroxyl groups excluding tert-OH is 1. The molecule has 0 fully saturated rings. The fourth-order valence-corrected chi connectivity index (χ4v) is 2.35. The van der Waals surface area contributed by atoms with E-state index in [-0.39, 0.29) is 12.6 Å². The van der Waals surface area contributed by atoms with Gasteiger partial charge in [0.2, 0.25) is 0 Å². The molecule has 0 aliphatic carbocycles. The first kappa shape index (κ1) is 13.8. The van der Waals surface area contributed by atoms with Crippen molar-refractivity contribution < 1.29 is 9.84 Å². The van der Waals surface area contributed by atoms with E-state index in [0.29, 0.717) is 0 Å². The Hall–Kier alpha value is -1.58. The molecule has 3 heteroatoms. The minimum absolute atomic E-state index is 0.193. The van der Waals surface area contributed by atoms with Crippen LogP contribution in [0.4, 0.5) is 0 Å². The number of hydrogen-bond acceptors (Lipinski definition) is 3. The van der Waals surface area contributed by atoms with E-state index in [0.717, 1.165) is 18.7 Å². The van der Waals surface area contributed by atoms with E-state index in [1.165, 1.54) is 16.3 Å². The molecule has 0 aliphatic rings. The van der Waals surface area contributed by atoms with Crippen molar-refractivity contribution >= 4 is 10.8 Å². The number of benzene rings is 2. The van der Waals surface area contributed by atoms with Gasteiger partial charge < -0.3 is 15.2 Å². The highest BCUT2D eigenvalue weighted by atomic mass is 16.5. The summed E-state index contributed by atoms with van der Waals surface area (Å²) < 4.78 is 5.23. The van der Waals surface area contributed by atoms with Gasteiger partial charge in [0.15, 0.2) is 0 Å². The molecular formula is C16H21NO2. The van der Waals surface area contributed by atoms with Gasteiger partial charge in [0.05, 0.1) is 7.11 Å². The second-order valence-electron chi connectivity index (χ2n) is 4.60. The number of hydrogen-bond donors (Lipinski definition) is 2. The molecule has 1 atom stereocenters. The molecule has 2 aromatic carbocycles. The molecule has 2 aromatic rings. The van der Waals surface area contributed by atoms with Gasteiger partial charge in [-0.2, -0.15) is 0 Å². The van der Waals surface area contributed by atoms with E-state index in [1.807, 2.05) is 12.1 Å². The fourth-order valence-electron chi connectivity index (χ4n) is 2.35. The molecule has 0 aliphatic heterocycles. The van der Waals surface area contributed by atoms with Crippen molar-refractivity contribution in [1.29, 1.82) is 0 Å². The van der Waals surface area contributed by atoms with Crippen LogP contribution in [-0.4, -0.2) is 25.4 Å². The molecule has 0 saturated heterocycles. The number of fused-ring (bicyclic) bond motifs is 1. The Morgan fingerprint density at radius 3 is 2.58 bits per heavy atom. The van der Waals surface area contributed by atoms with Gasteiger partial charge in [-0.1, -0.05) is 25.1 Å². The topological polar surface area (TPSA) is 41.5 Å². The highest BCUT2D eigenvalue weighted by Gasteiger charge is 2.10. The Morgan fingerprint density at radius 2 is 1.89 bits per heavy atom. The average Bonchev–Trinajstić information content (AvgIpc) is 2.46. The van der Waals surface area contributed by atoms with Crippen LogP contribution in [0.5, 0.6) is 5.75 Å². The van der Waals surface area contributed by atoms with E-state index in [1.54, 1.807) is 7.11 Å². The standard InChI is InChI=1S/C16H21NO2/c1-3-17-16(8-9-18)14-5-4-13-11-15(19-2)7-6-12(13)10-14/h4-7,10-11,16-18H,3,8-9H2,1-2H3. The lowest BCUT2D eigenvalue weighted by Gasteiger charge is -2.18. The van der Waals surface area contributed by atoms with Crippen LogP contribution in [0.2, 0.25) is 0 Å². The molecule has 0 heterocycles. The molecule has 1 unspecified atom stereocenters. The van der Waals surface area contributed by atoms with Gasteiger partial charge in [0.1, 0.15) is 5.75 Å². The van der Waals surface area contributed by atoms with Crippen molar-refractivity contribution in [2.45, 2.75) is 19.4 Å². The zero-order chi connectivity index (χ0) is 13.7. The monoisotopic (exact) mass is 259 g/mol. The second-order valence-corrected chi connectivity index (χ2v) is 4.60. The van der Waals surface area contributed by atoms with E-state index in [2.05, 4.69) is 36.5 Å².